The van der Waals surface area contributed by atoms with E-state index in [9.17, 15) is 4.79 Å². The van der Waals surface area contributed by atoms with Crippen LogP contribution in [0.15, 0.2) is 18.2 Å². The number of hydrogen-bond acceptors (Lipinski definition) is 3. The summed E-state index contributed by atoms with van der Waals surface area (Å²) in [6.07, 6.45) is 12.1. The predicted molar refractivity (Wildman–Crippen MR) is 105 cm³/mol. The summed E-state index contributed by atoms with van der Waals surface area (Å²) in [6, 6.07) is 6.20. The molecule has 1 amide bonds. The molecule has 0 aliphatic rings. The number of carbonyl (C=O) groups excluding carboxylic acids is 1. The van der Waals surface area contributed by atoms with Crippen LogP contribution in [0.4, 0.5) is 5.13 Å². The monoisotopic (exact) mass is 346 g/mol. The van der Waals surface area contributed by atoms with Gasteiger partial charge in [0, 0.05) is 6.42 Å². The Labute approximate surface area is 149 Å². The van der Waals surface area contributed by atoms with Crippen molar-refractivity contribution >= 4 is 32.6 Å². The first-order valence-electron chi connectivity index (χ1n) is 9.36. The van der Waals surface area contributed by atoms with Gasteiger partial charge in [0.05, 0.1) is 10.2 Å². The Balaban J connectivity index is 1.59. The van der Waals surface area contributed by atoms with Crippen molar-refractivity contribution in [3.63, 3.8) is 0 Å². The molecule has 1 aromatic heterocycles. The van der Waals surface area contributed by atoms with Gasteiger partial charge in [-0.1, -0.05) is 75.7 Å². The third kappa shape index (κ3) is 6.60. The van der Waals surface area contributed by atoms with Crippen LogP contribution in [0, 0.1) is 6.92 Å². The van der Waals surface area contributed by atoms with Gasteiger partial charge in [0.2, 0.25) is 5.91 Å². The van der Waals surface area contributed by atoms with Crippen LogP contribution >= 0.6 is 11.3 Å². The number of fused-ring (bicyclic) bond motifs is 1. The number of benzene rings is 1. The average Bonchev–Trinajstić information content (AvgIpc) is 2.94. The topological polar surface area (TPSA) is 42.0 Å². The Bertz CT molecular complexity index is 636. The minimum absolute atomic E-state index is 0.0914. The van der Waals surface area contributed by atoms with Crippen LogP contribution in [-0.4, -0.2) is 10.9 Å². The van der Waals surface area contributed by atoms with Crippen molar-refractivity contribution in [3.8, 4) is 0 Å². The van der Waals surface area contributed by atoms with E-state index in [4.69, 9.17) is 0 Å². The molecule has 0 unspecified atom stereocenters. The summed E-state index contributed by atoms with van der Waals surface area (Å²) in [5.74, 6) is 0.0914. The molecule has 2 aromatic rings. The molecule has 3 nitrogen and oxygen atoms in total. The highest BCUT2D eigenvalue weighted by molar-refractivity contribution is 7.22. The van der Waals surface area contributed by atoms with Crippen molar-refractivity contribution in [1.29, 1.82) is 0 Å². The summed E-state index contributed by atoms with van der Waals surface area (Å²) in [5.41, 5.74) is 2.17. The molecule has 1 heterocycles. The fourth-order valence-corrected chi connectivity index (χ4v) is 3.73. The Kier molecular flexibility index (Phi) is 8.23. The van der Waals surface area contributed by atoms with Crippen molar-refractivity contribution in [2.75, 3.05) is 5.32 Å². The van der Waals surface area contributed by atoms with Gasteiger partial charge in [-0.15, -0.1) is 0 Å². The Morgan fingerprint density at radius 1 is 1.04 bits per heavy atom. The van der Waals surface area contributed by atoms with Crippen molar-refractivity contribution in [2.24, 2.45) is 0 Å². The van der Waals surface area contributed by atoms with Gasteiger partial charge in [0.25, 0.3) is 0 Å². The molecule has 0 radical (unpaired) electrons. The lowest BCUT2D eigenvalue weighted by atomic mass is 10.1. The van der Waals surface area contributed by atoms with E-state index >= 15 is 0 Å². The maximum atomic E-state index is 12.0. The molecule has 0 saturated carbocycles. The second-order valence-corrected chi connectivity index (χ2v) is 7.65. The standard InChI is InChI=1S/C20H30N2OS/c1-3-4-5-6-7-8-9-10-11-12-19(23)22-20-21-17-15-16(2)13-14-18(17)24-20/h13-15H,3-12H2,1-2H3,(H,21,22,23). The maximum Gasteiger partial charge on any atom is 0.226 e. The molecular weight excluding hydrogens is 316 g/mol. The number of anilines is 1. The van der Waals surface area contributed by atoms with Crippen LogP contribution in [0.3, 0.4) is 0 Å². The van der Waals surface area contributed by atoms with Gasteiger partial charge in [-0.3, -0.25) is 4.79 Å². The zero-order chi connectivity index (χ0) is 17.2. The molecule has 0 saturated heterocycles. The molecule has 0 aliphatic heterocycles. The average molecular weight is 347 g/mol. The van der Waals surface area contributed by atoms with E-state index in [0.717, 1.165) is 28.2 Å². The zero-order valence-electron chi connectivity index (χ0n) is 15.1. The third-order valence-corrected chi connectivity index (χ3v) is 5.25. The van der Waals surface area contributed by atoms with Crippen molar-refractivity contribution in [1.82, 2.24) is 4.98 Å². The molecule has 0 spiro atoms. The predicted octanol–water partition coefficient (Wildman–Crippen LogP) is 6.46. The van der Waals surface area contributed by atoms with Gasteiger partial charge in [0.1, 0.15) is 0 Å². The highest BCUT2D eigenvalue weighted by atomic mass is 32.1. The number of nitrogens with one attached hydrogen (secondary N) is 1. The smallest absolute Gasteiger partial charge is 0.226 e. The van der Waals surface area contributed by atoms with E-state index in [1.165, 1.54) is 50.5 Å². The first kappa shape index (κ1) is 18.9. The highest BCUT2D eigenvalue weighted by Gasteiger charge is 2.07. The molecule has 0 aliphatic carbocycles. The first-order valence-corrected chi connectivity index (χ1v) is 10.2. The molecule has 132 valence electrons. The molecule has 24 heavy (non-hydrogen) atoms. The summed E-state index contributed by atoms with van der Waals surface area (Å²) in [5, 5.41) is 3.66. The van der Waals surface area contributed by atoms with Gasteiger partial charge in [-0.25, -0.2) is 4.98 Å². The van der Waals surface area contributed by atoms with Crippen LogP contribution in [0.1, 0.15) is 76.7 Å². The lowest BCUT2D eigenvalue weighted by Crippen LogP contribution is -2.10. The van der Waals surface area contributed by atoms with E-state index in [0.29, 0.717) is 6.42 Å². The lowest BCUT2D eigenvalue weighted by molar-refractivity contribution is -0.116. The van der Waals surface area contributed by atoms with Gasteiger partial charge in [-0.05, 0) is 31.0 Å². The number of carbonyl (C=O) groups is 1. The molecule has 0 bridgehead atoms. The molecule has 0 fully saturated rings. The van der Waals surface area contributed by atoms with Crippen molar-refractivity contribution in [3.05, 3.63) is 23.8 Å². The fourth-order valence-electron chi connectivity index (χ4n) is 2.87. The number of aryl methyl sites for hydroxylation is 1. The highest BCUT2D eigenvalue weighted by Crippen LogP contribution is 2.26. The van der Waals surface area contributed by atoms with E-state index < -0.39 is 0 Å². The van der Waals surface area contributed by atoms with Gasteiger partial charge in [-0.2, -0.15) is 0 Å². The van der Waals surface area contributed by atoms with Crippen molar-refractivity contribution < 1.29 is 4.79 Å². The fraction of sp³-hybridized carbons (Fsp3) is 0.600. The van der Waals surface area contributed by atoms with E-state index in [1.54, 1.807) is 11.3 Å². The number of thiazole rings is 1. The second-order valence-electron chi connectivity index (χ2n) is 6.62. The van der Waals surface area contributed by atoms with Gasteiger partial charge in [0.15, 0.2) is 5.13 Å². The zero-order valence-corrected chi connectivity index (χ0v) is 15.9. The molecule has 1 aromatic carbocycles. The summed E-state index contributed by atoms with van der Waals surface area (Å²) >= 11 is 1.55. The number of amides is 1. The van der Waals surface area contributed by atoms with Crippen LogP contribution in [-0.2, 0) is 4.79 Å². The largest absolute Gasteiger partial charge is 0.302 e. The maximum absolute atomic E-state index is 12.0. The summed E-state index contributed by atoms with van der Waals surface area (Å²) in [6.45, 7) is 4.31. The summed E-state index contributed by atoms with van der Waals surface area (Å²) in [7, 11) is 0. The first-order chi connectivity index (χ1) is 11.7. The van der Waals surface area contributed by atoms with E-state index in [1.807, 2.05) is 0 Å². The van der Waals surface area contributed by atoms with Gasteiger partial charge < -0.3 is 5.32 Å². The van der Waals surface area contributed by atoms with Gasteiger partial charge >= 0.3 is 0 Å². The molecule has 1 N–H and O–H groups in total. The lowest BCUT2D eigenvalue weighted by Gasteiger charge is -2.02. The molecule has 0 atom stereocenters. The number of rotatable bonds is 11. The normalized spacial score (nSPS) is 11.1. The van der Waals surface area contributed by atoms with E-state index in [-0.39, 0.29) is 5.91 Å². The Hall–Kier alpha value is -1.42. The SMILES string of the molecule is CCCCCCCCCCCC(=O)Nc1nc2cc(C)ccc2s1. The number of aromatic nitrogens is 1. The number of hydrogen-bond donors (Lipinski definition) is 1. The van der Waals surface area contributed by atoms with Crippen molar-refractivity contribution in [2.45, 2.75) is 78.1 Å². The number of nitrogens with zero attached hydrogens (tertiary/aromatic N) is 1. The quantitative estimate of drug-likeness (QED) is 0.474. The minimum atomic E-state index is 0.0914. The minimum Gasteiger partial charge on any atom is -0.302 e. The Morgan fingerprint density at radius 3 is 2.42 bits per heavy atom. The van der Waals surface area contributed by atoms with Crippen LogP contribution in [0.5, 0.6) is 0 Å². The second kappa shape index (κ2) is 10.4. The number of unbranched alkanes of at least 4 members (excludes halogenated alkanes) is 8. The van der Waals surface area contributed by atoms with Crippen LogP contribution < -0.4 is 5.32 Å². The molecular formula is C20H30N2OS. The summed E-state index contributed by atoms with van der Waals surface area (Å²) < 4.78 is 1.12. The third-order valence-electron chi connectivity index (χ3n) is 4.30. The molecule has 4 heteroatoms. The summed E-state index contributed by atoms with van der Waals surface area (Å²) in [4.78, 5) is 16.5. The Morgan fingerprint density at radius 2 is 1.71 bits per heavy atom. The van der Waals surface area contributed by atoms with E-state index in [2.05, 4.69) is 42.3 Å². The van der Waals surface area contributed by atoms with Crippen LogP contribution in [0.2, 0.25) is 0 Å². The molecule has 2 rings (SSSR count). The van der Waals surface area contributed by atoms with Crippen LogP contribution in [0.25, 0.3) is 10.2 Å².